The molecule has 20 heteroatoms. The van der Waals surface area contributed by atoms with Crippen molar-refractivity contribution in [3.8, 4) is 22.9 Å². The first-order valence-corrected chi connectivity index (χ1v) is 31.0. The standard InChI is InChI=1S/C53H64F2N6O9S2Si/c1-10-69-48(63)20-15-37-13-11-14-40(29-37)52(4,23-12-27-71(64,65)51(2,3)41-33-56-60(34-41)36-68-26-28-73(7,8)9)50-57-49(59(6)58-50)44-32-43(16-18-45(44)54)70-42-17-19-46-39(31-42)22-25-61(46)72(66,67)53(5)24-21-38(35-62)30-47(53)55/h11,13-14,16-19,21-22,25,29-35H,10,12,15,20,23-24,26-28,36H2,1-9H3. The third-order valence-corrected chi connectivity index (χ3v) is 20.3. The highest BCUT2D eigenvalue weighted by Gasteiger charge is 2.46. The van der Waals surface area contributed by atoms with Gasteiger partial charge in [0.1, 0.15) is 40.9 Å². The van der Waals surface area contributed by atoms with Gasteiger partial charge in [0.2, 0.25) is 0 Å². The zero-order valence-electron chi connectivity index (χ0n) is 42.8. The Balaban J connectivity index is 1.14. The van der Waals surface area contributed by atoms with Crippen molar-refractivity contribution in [3.05, 3.63) is 137 Å². The van der Waals surface area contributed by atoms with Crippen molar-refractivity contribution in [1.82, 2.24) is 28.5 Å². The molecule has 7 rings (SSSR count). The number of ether oxygens (including phenoxy) is 3. The highest BCUT2D eigenvalue weighted by molar-refractivity contribution is 7.92. The van der Waals surface area contributed by atoms with E-state index in [1.54, 1.807) is 63.1 Å². The molecule has 6 aromatic rings. The number of aryl methyl sites for hydroxylation is 2. The SMILES string of the molecule is CCOC(=O)CCc1cccc(C(C)(CCCS(=O)(=O)C(C)(C)c2cnn(COCC[Si](C)(C)C)c2)c2nc(-c3cc(Oc4ccc5c(ccn5S(=O)(=O)C5(C)CC=C(C=O)C=C5F)c4)ccc3F)n(C)n2)c1. The lowest BCUT2D eigenvalue weighted by Crippen LogP contribution is -2.40. The van der Waals surface area contributed by atoms with Crippen LogP contribution in [-0.4, -0.2) is 89.4 Å². The number of hydrogen-bond acceptors (Lipinski definition) is 12. The molecule has 0 amide bonds. The van der Waals surface area contributed by atoms with Gasteiger partial charge in [-0.3, -0.25) is 9.59 Å². The van der Waals surface area contributed by atoms with Gasteiger partial charge in [-0.1, -0.05) is 50.0 Å². The number of aromatic nitrogens is 6. The minimum absolute atomic E-state index is 0.0639. The molecular weight excluding hydrogens is 995 g/mol. The fraction of sp³-hybridized carbons (Fsp3) is 0.415. The molecule has 3 heterocycles. The molecule has 3 aromatic heterocycles. The average molecular weight is 1060 g/mol. The predicted molar refractivity (Wildman–Crippen MR) is 279 cm³/mol. The Labute approximate surface area is 427 Å². The smallest absolute Gasteiger partial charge is 0.306 e. The Kier molecular flexibility index (Phi) is 16.0. The average Bonchev–Trinajstić information content (AvgIpc) is 4.10. The molecule has 0 spiro atoms. The number of rotatable bonds is 23. The summed E-state index contributed by atoms with van der Waals surface area (Å²) >= 11 is 0. The number of hydrogen-bond donors (Lipinski definition) is 0. The summed E-state index contributed by atoms with van der Waals surface area (Å²) in [5, 5.41) is 9.71. The van der Waals surface area contributed by atoms with E-state index in [0.717, 1.165) is 27.2 Å². The molecule has 390 valence electrons. The van der Waals surface area contributed by atoms with Crippen molar-refractivity contribution in [2.45, 2.75) is 114 Å². The monoisotopic (exact) mass is 1060 g/mol. The molecule has 2 atom stereocenters. The van der Waals surface area contributed by atoms with Gasteiger partial charge >= 0.3 is 5.97 Å². The molecular formula is C53H64F2N6O9S2Si. The summed E-state index contributed by atoms with van der Waals surface area (Å²) in [6.07, 6.45) is 8.23. The molecule has 3 aromatic carbocycles. The Hall–Kier alpha value is -6.09. The number of benzene rings is 3. The molecule has 2 unspecified atom stereocenters. The molecule has 15 nitrogen and oxygen atoms in total. The van der Waals surface area contributed by atoms with Crippen LogP contribution in [0, 0.1) is 5.82 Å². The number of fused-ring (bicyclic) bond motifs is 1. The van der Waals surface area contributed by atoms with Crippen LogP contribution in [0.4, 0.5) is 8.78 Å². The number of aldehydes is 1. The number of allylic oxidation sites excluding steroid dienone is 3. The first-order chi connectivity index (χ1) is 34.3. The summed E-state index contributed by atoms with van der Waals surface area (Å²) in [6, 6.07) is 19.0. The maximum atomic E-state index is 16.0. The molecule has 0 aliphatic heterocycles. The fourth-order valence-corrected chi connectivity index (χ4v) is 12.6. The van der Waals surface area contributed by atoms with Crippen molar-refractivity contribution in [2.75, 3.05) is 19.0 Å². The van der Waals surface area contributed by atoms with Crippen molar-refractivity contribution in [3.63, 3.8) is 0 Å². The lowest BCUT2D eigenvalue weighted by molar-refractivity contribution is -0.143. The number of carbonyl (C=O) groups is 2. The highest BCUT2D eigenvalue weighted by atomic mass is 32.2. The van der Waals surface area contributed by atoms with E-state index in [4.69, 9.17) is 24.3 Å². The molecule has 73 heavy (non-hydrogen) atoms. The van der Waals surface area contributed by atoms with E-state index < -0.39 is 54.5 Å². The second-order valence-electron chi connectivity index (χ2n) is 20.6. The summed E-state index contributed by atoms with van der Waals surface area (Å²) in [4.78, 5) is 28.5. The van der Waals surface area contributed by atoms with Crippen molar-refractivity contribution >= 4 is 51.1 Å². The molecule has 0 radical (unpaired) electrons. The molecule has 0 fully saturated rings. The van der Waals surface area contributed by atoms with Crippen LogP contribution in [0.25, 0.3) is 22.3 Å². The van der Waals surface area contributed by atoms with Crippen molar-refractivity contribution in [1.29, 1.82) is 0 Å². The summed E-state index contributed by atoms with van der Waals surface area (Å²) in [5.74, 6) is -1.04. The highest BCUT2D eigenvalue weighted by Crippen LogP contribution is 2.41. The quantitative estimate of drug-likeness (QED) is 0.0257. The van der Waals surface area contributed by atoms with E-state index in [1.807, 2.05) is 31.2 Å². The fourth-order valence-electron chi connectivity index (χ4n) is 8.66. The third-order valence-electron chi connectivity index (χ3n) is 13.7. The van der Waals surface area contributed by atoms with E-state index in [-0.39, 0.29) is 79.0 Å². The molecule has 1 aliphatic carbocycles. The number of esters is 1. The number of sulfone groups is 1. The predicted octanol–water partition coefficient (Wildman–Crippen LogP) is 10.1. The first kappa shape index (κ1) is 54.7. The van der Waals surface area contributed by atoms with Crippen LogP contribution in [0.15, 0.2) is 109 Å². The van der Waals surface area contributed by atoms with Crippen LogP contribution in [0.5, 0.6) is 11.5 Å². The van der Waals surface area contributed by atoms with Gasteiger partial charge in [0.15, 0.2) is 21.5 Å². The van der Waals surface area contributed by atoms with E-state index in [9.17, 15) is 26.4 Å². The van der Waals surface area contributed by atoms with E-state index in [0.29, 0.717) is 41.8 Å². The molecule has 1 aliphatic rings. The van der Waals surface area contributed by atoms with Gasteiger partial charge in [-0.2, -0.15) is 10.2 Å². The number of carbonyl (C=O) groups excluding carboxylic acids is 2. The number of halogens is 2. The summed E-state index contributed by atoms with van der Waals surface area (Å²) in [7, 11) is -7.78. The lowest BCUT2D eigenvalue weighted by atomic mass is 9.77. The van der Waals surface area contributed by atoms with Gasteiger partial charge in [-0.15, -0.1) is 0 Å². The third kappa shape index (κ3) is 11.7. The van der Waals surface area contributed by atoms with E-state index in [1.165, 1.54) is 48.1 Å². The topological polar surface area (TPSA) is 184 Å². The minimum Gasteiger partial charge on any atom is -0.466 e. The van der Waals surface area contributed by atoms with Gasteiger partial charge in [0.25, 0.3) is 10.0 Å². The Bertz CT molecular complexity index is 3320. The Morgan fingerprint density at radius 3 is 2.42 bits per heavy atom. The van der Waals surface area contributed by atoms with Gasteiger partial charge in [0.05, 0.1) is 39.8 Å². The normalized spacial score (nSPS) is 16.5. The summed E-state index contributed by atoms with van der Waals surface area (Å²) in [6.45, 7) is 16.2. The van der Waals surface area contributed by atoms with Crippen LogP contribution in [0.2, 0.25) is 25.7 Å². The molecule has 0 N–H and O–H groups in total. The Morgan fingerprint density at radius 2 is 1.71 bits per heavy atom. The van der Waals surface area contributed by atoms with Gasteiger partial charge in [-0.25, -0.2) is 43.9 Å². The van der Waals surface area contributed by atoms with Crippen LogP contribution in [-0.2, 0) is 69.3 Å². The molecule has 0 saturated carbocycles. The van der Waals surface area contributed by atoms with Crippen LogP contribution < -0.4 is 4.74 Å². The molecule has 0 saturated heterocycles. The van der Waals surface area contributed by atoms with Gasteiger partial charge < -0.3 is 14.2 Å². The summed E-state index contributed by atoms with van der Waals surface area (Å²) < 4.78 is 106. The minimum atomic E-state index is -4.35. The molecule has 0 bridgehead atoms. The van der Waals surface area contributed by atoms with Crippen molar-refractivity contribution < 1.29 is 49.4 Å². The van der Waals surface area contributed by atoms with Crippen LogP contribution in [0.3, 0.4) is 0 Å². The summed E-state index contributed by atoms with van der Waals surface area (Å²) in [5.41, 5.74) is 1.56. The Morgan fingerprint density at radius 1 is 0.973 bits per heavy atom. The number of nitrogens with zero attached hydrogens (tertiary/aromatic N) is 6. The largest absolute Gasteiger partial charge is 0.466 e. The van der Waals surface area contributed by atoms with Gasteiger partial charge in [0, 0.05) is 57.1 Å². The zero-order valence-corrected chi connectivity index (χ0v) is 45.4. The van der Waals surface area contributed by atoms with Crippen molar-refractivity contribution in [2.24, 2.45) is 7.05 Å². The lowest BCUT2D eigenvalue weighted by Gasteiger charge is -2.29. The van der Waals surface area contributed by atoms with E-state index in [2.05, 4.69) is 24.7 Å². The van der Waals surface area contributed by atoms with Crippen LogP contribution >= 0.6 is 0 Å². The second kappa shape index (κ2) is 21.4. The first-order valence-electron chi connectivity index (χ1n) is 24.2. The van der Waals surface area contributed by atoms with Crippen LogP contribution in [0.1, 0.15) is 82.8 Å². The second-order valence-corrected chi connectivity index (χ2v) is 31.1. The zero-order chi connectivity index (χ0) is 53.1. The maximum Gasteiger partial charge on any atom is 0.306 e. The van der Waals surface area contributed by atoms with Gasteiger partial charge in [-0.05, 0) is 126 Å². The van der Waals surface area contributed by atoms with E-state index >= 15 is 8.78 Å². The maximum absolute atomic E-state index is 16.0.